The van der Waals surface area contributed by atoms with Gasteiger partial charge in [0.05, 0.1) is 5.69 Å². The van der Waals surface area contributed by atoms with Crippen molar-refractivity contribution in [2.24, 2.45) is 0 Å². The van der Waals surface area contributed by atoms with Gasteiger partial charge in [-0.15, -0.1) is 0 Å². The number of halogens is 2. The zero-order chi connectivity index (χ0) is 17.3. The molecule has 0 saturated carbocycles. The minimum atomic E-state index is -0.911. The SMILES string of the molecule is CCCn1c(O)c(C(C)=O)c(=O)n(-c2cc(Cl)cc(Cl)c2)c1=O. The molecule has 1 aromatic carbocycles. The fourth-order valence-electron chi connectivity index (χ4n) is 2.27. The summed E-state index contributed by atoms with van der Waals surface area (Å²) in [6.07, 6.45) is 0.527. The Balaban J connectivity index is 2.95. The van der Waals surface area contributed by atoms with Gasteiger partial charge < -0.3 is 5.11 Å². The lowest BCUT2D eigenvalue weighted by Crippen LogP contribution is -2.41. The Morgan fingerprint density at radius 3 is 2.22 bits per heavy atom. The van der Waals surface area contributed by atoms with Crippen molar-refractivity contribution in [3.63, 3.8) is 0 Å². The number of carbonyl (C=O) groups excluding carboxylic acids is 1. The highest BCUT2D eigenvalue weighted by molar-refractivity contribution is 6.34. The molecule has 0 saturated heterocycles. The van der Waals surface area contributed by atoms with E-state index in [9.17, 15) is 19.5 Å². The molecule has 1 aromatic heterocycles. The summed E-state index contributed by atoms with van der Waals surface area (Å²) in [6, 6.07) is 4.22. The van der Waals surface area contributed by atoms with Gasteiger partial charge in [-0.3, -0.25) is 14.2 Å². The van der Waals surface area contributed by atoms with E-state index in [2.05, 4.69) is 0 Å². The monoisotopic (exact) mass is 356 g/mol. The van der Waals surface area contributed by atoms with E-state index in [1.165, 1.54) is 18.2 Å². The van der Waals surface area contributed by atoms with Crippen LogP contribution in [0.15, 0.2) is 27.8 Å². The minimum Gasteiger partial charge on any atom is -0.494 e. The fourth-order valence-corrected chi connectivity index (χ4v) is 2.78. The third-order valence-corrected chi connectivity index (χ3v) is 3.66. The molecule has 0 fully saturated rings. The van der Waals surface area contributed by atoms with E-state index in [1.54, 1.807) is 6.92 Å². The molecule has 0 aliphatic rings. The van der Waals surface area contributed by atoms with Crippen molar-refractivity contribution < 1.29 is 9.90 Å². The molecule has 23 heavy (non-hydrogen) atoms. The van der Waals surface area contributed by atoms with Crippen LogP contribution < -0.4 is 11.2 Å². The second-order valence-electron chi connectivity index (χ2n) is 4.96. The molecule has 0 radical (unpaired) electrons. The van der Waals surface area contributed by atoms with E-state index in [1.807, 2.05) is 0 Å². The maximum Gasteiger partial charge on any atom is 0.338 e. The van der Waals surface area contributed by atoms with Crippen LogP contribution in [-0.4, -0.2) is 20.0 Å². The first-order valence-corrected chi connectivity index (χ1v) is 7.59. The molecule has 122 valence electrons. The van der Waals surface area contributed by atoms with Gasteiger partial charge in [0, 0.05) is 16.6 Å². The Kier molecular flexibility index (Phi) is 4.97. The number of aromatic nitrogens is 2. The summed E-state index contributed by atoms with van der Waals surface area (Å²) in [7, 11) is 0. The third kappa shape index (κ3) is 3.18. The number of hydrogen-bond donors (Lipinski definition) is 1. The Morgan fingerprint density at radius 2 is 1.74 bits per heavy atom. The number of rotatable bonds is 4. The highest BCUT2D eigenvalue weighted by atomic mass is 35.5. The minimum absolute atomic E-state index is 0.129. The smallest absolute Gasteiger partial charge is 0.338 e. The summed E-state index contributed by atoms with van der Waals surface area (Å²) in [5, 5.41) is 10.6. The molecule has 0 atom stereocenters. The predicted molar refractivity (Wildman–Crippen MR) is 88.3 cm³/mol. The van der Waals surface area contributed by atoms with Gasteiger partial charge in [0.2, 0.25) is 5.88 Å². The molecule has 8 heteroatoms. The first-order chi connectivity index (χ1) is 10.8. The first kappa shape index (κ1) is 17.3. The van der Waals surface area contributed by atoms with Crippen molar-refractivity contribution >= 4 is 29.0 Å². The molecule has 0 amide bonds. The number of Topliss-reactive ketones (excluding diaryl/α,β-unsaturated/α-hetero) is 1. The molecule has 0 aliphatic carbocycles. The van der Waals surface area contributed by atoms with Crippen LogP contribution in [0.1, 0.15) is 30.6 Å². The highest BCUT2D eigenvalue weighted by Crippen LogP contribution is 2.21. The third-order valence-electron chi connectivity index (χ3n) is 3.22. The molecule has 1 heterocycles. The average Bonchev–Trinajstić information content (AvgIpc) is 2.42. The van der Waals surface area contributed by atoms with Crippen LogP contribution in [0.25, 0.3) is 5.69 Å². The molecule has 0 bridgehead atoms. The summed E-state index contributed by atoms with van der Waals surface area (Å²) in [5.74, 6) is -1.27. The van der Waals surface area contributed by atoms with Crippen molar-refractivity contribution in [2.45, 2.75) is 26.8 Å². The van der Waals surface area contributed by atoms with E-state index in [0.717, 1.165) is 16.1 Å². The predicted octanol–water partition coefficient (Wildman–Crippen LogP) is 2.62. The molecule has 0 unspecified atom stereocenters. The van der Waals surface area contributed by atoms with Crippen LogP contribution in [0.5, 0.6) is 5.88 Å². The zero-order valence-electron chi connectivity index (χ0n) is 12.5. The van der Waals surface area contributed by atoms with Crippen molar-refractivity contribution in [3.05, 3.63) is 54.6 Å². The molecule has 0 aliphatic heterocycles. The Hall–Kier alpha value is -2.05. The van der Waals surface area contributed by atoms with E-state index >= 15 is 0 Å². The normalized spacial score (nSPS) is 10.8. The van der Waals surface area contributed by atoms with Crippen LogP contribution in [0, 0.1) is 0 Å². The number of benzene rings is 1. The lowest BCUT2D eigenvalue weighted by Gasteiger charge is -2.14. The van der Waals surface area contributed by atoms with Crippen LogP contribution in [0.2, 0.25) is 10.0 Å². The summed E-state index contributed by atoms with van der Waals surface area (Å²) in [4.78, 5) is 36.8. The number of nitrogens with zero attached hydrogens (tertiary/aromatic N) is 2. The second-order valence-corrected chi connectivity index (χ2v) is 5.83. The Labute approximate surface area is 141 Å². The summed E-state index contributed by atoms with van der Waals surface area (Å²) in [5.41, 5.74) is -2.00. The van der Waals surface area contributed by atoms with Crippen molar-refractivity contribution in [3.8, 4) is 11.6 Å². The quantitative estimate of drug-likeness (QED) is 0.853. The number of aromatic hydroxyl groups is 1. The first-order valence-electron chi connectivity index (χ1n) is 6.84. The largest absolute Gasteiger partial charge is 0.494 e. The molecule has 0 spiro atoms. The lowest BCUT2D eigenvalue weighted by atomic mass is 10.2. The highest BCUT2D eigenvalue weighted by Gasteiger charge is 2.22. The fraction of sp³-hybridized carbons (Fsp3) is 0.267. The molecule has 2 rings (SSSR count). The van der Waals surface area contributed by atoms with Gasteiger partial charge in [0.15, 0.2) is 5.78 Å². The molecule has 6 nitrogen and oxygen atoms in total. The van der Waals surface area contributed by atoms with E-state index in [0.29, 0.717) is 6.42 Å². The van der Waals surface area contributed by atoms with Gasteiger partial charge in [0.25, 0.3) is 5.56 Å². The van der Waals surface area contributed by atoms with Gasteiger partial charge >= 0.3 is 5.69 Å². The van der Waals surface area contributed by atoms with Gasteiger partial charge in [-0.1, -0.05) is 30.1 Å². The van der Waals surface area contributed by atoms with Crippen LogP contribution in [0.4, 0.5) is 0 Å². The van der Waals surface area contributed by atoms with Crippen molar-refractivity contribution in [2.75, 3.05) is 0 Å². The van der Waals surface area contributed by atoms with Gasteiger partial charge in [-0.2, -0.15) is 0 Å². The summed E-state index contributed by atoms with van der Waals surface area (Å²) >= 11 is 11.8. The van der Waals surface area contributed by atoms with Crippen molar-refractivity contribution in [1.82, 2.24) is 9.13 Å². The summed E-state index contributed by atoms with van der Waals surface area (Å²) in [6.45, 7) is 3.09. The maximum absolute atomic E-state index is 12.6. The standard InChI is InChI=1S/C15H14Cl2N2O4/c1-3-4-18-13(21)12(8(2)20)14(22)19(15(18)23)11-6-9(16)5-10(17)7-11/h5-7,21H,3-4H2,1-2H3. The molecular formula is C15H14Cl2N2O4. The molecule has 1 N–H and O–H groups in total. The maximum atomic E-state index is 12.6. The topological polar surface area (TPSA) is 81.3 Å². The average molecular weight is 357 g/mol. The van der Waals surface area contributed by atoms with Crippen LogP contribution in [0.3, 0.4) is 0 Å². The lowest BCUT2D eigenvalue weighted by molar-refractivity contribution is 0.101. The zero-order valence-corrected chi connectivity index (χ0v) is 14.0. The van der Waals surface area contributed by atoms with Crippen molar-refractivity contribution in [1.29, 1.82) is 0 Å². The number of ketones is 1. The Morgan fingerprint density at radius 1 is 1.17 bits per heavy atom. The molecule has 2 aromatic rings. The van der Waals surface area contributed by atoms with E-state index in [-0.39, 0.29) is 22.3 Å². The van der Waals surface area contributed by atoms with E-state index in [4.69, 9.17) is 23.2 Å². The van der Waals surface area contributed by atoms with Gasteiger partial charge in [0.1, 0.15) is 5.56 Å². The van der Waals surface area contributed by atoms with Gasteiger partial charge in [-0.05, 0) is 31.5 Å². The number of hydrogen-bond acceptors (Lipinski definition) is 4. The summed E-state index contributed by atoms with van der Waals surface area (Å²) < 4.78 is 1.76. The van der Waals surface area contributed by atoms with Gasteiger partial charge in [-0.25, -0.2) is 9.36 Å². The Bertz CT molecular complexity index is 879. The van der Waals surface area contributed by atoms with Crippen LogP contribution in [-0.2, 0) is 6.54 Å². The van der Waals surface area contributed by atoms with Crippen LogP contribution >= 0.6 is 23.2 Å². The number of carbonyl (C=O) groups is 1. The molecular weight excluding hydrogens is 343 g/mol. The second kappa shape index (κ2) is 6.60. The van der Waals surface area contributed by atoms with E-state index < -0.39 is 28.5 Å².